The molecule has 0 aromatic heterocycles. The van der Waals surface area contributed by atoms with E-state index in [1.54, 1.807) is 0 Å². The topological polar surface area (TPSA) is 0 Å². The van der Waals surface area contributed by atoms with Gasteiger partial charge in [0, 0.05) is 5.41 Å². The predicted molar refractivity (Wildman–Crippen MR) is 229 cm³/mol. The Morgan fingerprint density at radius 1 is 0.302 bits per heavy atom. The summed E-state index contributed by atoms with van der Waals surface area (Å²) in [6.45, 7) is 4.76. The molecule has 53 heavy (non-hydrogen) atoms. The molecule has 0 N–H and O–H groups in total. The Hall–Kier alpha value is -6.24. The summed E-state index contributed by atoms with van der Waals surface area (Å²) in [4.78, 5) is 0. The maximum atomic E-state index is 2.52. The quantitative estimate of drug-likeness (QED) is 0.163. The summed E-state index contributed by atoms with van der Waals surface area (Å²) in [5.74, 6) is 0. The van der Waals surface area contributed by atoms with Gasteiger partial charge in [0.1, 0.15) is 0 Å². The van der Waals surface area contributed by atoms with E-state index in [0.29, 0.717) is 0 Å². The number of rotatable bonds is 4. The normalized spacial score (nSPS) is 13.4. The van der Waals surface area contributed by atoms with E-state index in [4.69, 9.17) is 0 Å². The highest BCUT2D eigenvalue weighted by Crippen LogP contribution is 2.54. The third kappa shape index (κ3) is 4.49. The first-order valence-corrected chi connectivity index (χ1v) is 19.1. The van der Waals surface area contributed by atoms with Gasteiger partial charge in [-0.2, -0.15) is 0 Å². The number of hydrogen-bond donors (Lipinski definition) is 0. The zero-order valence-electron chi connectivity index (χ0n) is 30.1. The highest BCUT2D eigenvalue weighted by Gasteiger charge is 2.41. The van der Waals surface area contributed by atoms with Crippen molar-refractivity contribution in [3.8, 4) is 33.4 Å². The van der Waals surface area contributed by atoms with Gasteiger partial charge in [-0.05, 0) is 183 Å². The lowest BCUT2D eigenvalue weighted by atomic mass is 9.73. The molecule has 0 saturated heterocycles. The molecule has 0 amide bonds. The van der Waals surface area contributed by atoms with Crippen LogP contribution in [0.3, 0.4) is 0 Å². The monoisotopic (exact) mass is 674 g/mol. The van der Waals surface area contributed by atoms with Crippen LogP contribution in [0.5, 0.6) is 0 Å². The largest absolute Gasteiger partial charge is 0.0642 e. The fourth-order valence-electron chi connectivity index (χ4n) is 9.78. The summed E-state index contributed by atoms with van der Waals surface area (Å²) in [6.07, 6.45) is 2.10. The molecule has 0 atom stereocenters. The molecule has 250 valence electrons. The van der Waals surface area contributed by atoms with Crippen molar-refractivity contribution in [3.05, 3.63) is 181 Å². The Balaban J connectivity index is 1.05. The van der Waals surface area contributed by atoms with Gasteiger partial charge in [0.15, 0.2) is 0 Å². The second-order valence-electron chi connectivity index (χ2n) is 15.2. The Labute approximate surface area is 310 Å². The van der Waals surface area contributed by atoms with E-state index in [1.807, 2.05) is 0 Å². The summed E-state index contributed by atoms with van der Waals surface area (Å²) in [5, 5.41) is 15.5. The molecule has 0 unspecified atom stereocenters. The van der Waals surface area contributed by atoms with Crippen LogP contribution in [0.2, 0.25) is 0 Å². The molecule has 0 fully saturated rings. The molecule has 10 aromatic rings. The fourth-order valence-corrected chi connectivity index (χ4v) is 9.78. The van der Waals surface area contributed by atoms with Crippen molar-refractivity contribution < 1.29 is 0 Å². The van der Waals surface area contributed by atoms with Crippen molar-refractivity contribution in [1.82, 2.24) is 0 Å². The summed E-state index contributed by atoms with van der Waals surface area (Å²) >= 11 is 0. The second kappa shape index (κ2) is 11.4. The van der Waals surface area contributed by atoms with Crippen LogP contribution in [0.4, 0.5) is 0 Å². The van der Waals surface area contributed by atoms with Crippen molar-refractivity contribution in [2.45, 2.75) is 32.1 Å². The number of hydrogen-bond acceptors (Lipinski definition) is 0. The zero-order valence-corrected chi connectivity index (χ0v) is 30.1. The minimum atomic E-state index is -0.0525. The average molecular weight is 675 g/mol. The third-order valence-corrected chi connectivity index (χ3v) is 12.6. The highest BCUT2D eigenvalue weighted by atomic mass is 14.4. The summed E-state index contributed by atoms with van der Waals surface area (Å²) in [7, 11) is 0. The zero-order chi connectivity index (χ0) is 35.3. The highest BCUT2D eigenvalue weighted by molar-refractivity contribution is 6.10. The smallest absolute Gasteiger partial charge is 0.0210 e. The van der Waals surface area contributed by atoms with E-state index in [9.17, 15) is 0 Å². The molecule has 0 spiro atoms. The number of benzene rings is 10. The minimum absolute atomic E-state index is 0.0525. The first-order valence-electron chi connectivity index (χ1n) is 19.1. The molecule has 0 heteroatoms. The van der Waals surface area contributed by atoms with Crippen LogP contribution in [0.15, 0.2) is 170 Å². The van der Waals surface area contributed by atoms with Crippen LogP contribution in [0.1, 0.15) is 37.8 Å². The van der Waals surface area contributed by atoms with Crippen LogP contribution in [0.25, 0.3) is 98.0 Å². The van der Waals surface area contributed by atoms with E-state index >= 15 is 0 Å². The molecular weight excluding hydrogens is 637 g/mol. The van der Waals surface area contributed by atoms with Gasteiger partial charge in [-0.15, -0.1) is 0 Å². The van der Waals surface area contributed by atoms with Gasteiger partial charge in [-0.3, -0.25) is 0 Å². The van der Waals surface area contributed by atoms with Gasteiger partial charge in [0.2, 0.25) is 0 Å². The summed E-state index contributed by atoms with van der Waals surface area (Å²) in [6, 6.07) is 64.4. The standard InChI is InChI=1S/C53H38/c1-3-53(4-2)51-31-39(45-17-9-15-37-27-41-23-33-11-5-7-13-35(33)25-43(41)29-49(37)45)19-21-47(51)48-22-20-40(32-52(48)53)46-18-10-16-38-28-42-24-34-12-6-8-14-36(34)26-44(42)30-50(38)46/h5-32H,3-4H2,1-2H3. The van der Waals surface area contributed by atoms with E-state index < -0.39 is 0 Å². The predicted octanol–water partition coefficient (Wildman–Crippen LogP) is 15.0. The van der Waals surface area contributed by atoms with Crippen LogP contribution in [-0.2, 0) is 5.41 Å². The summed E-state index contributed by atoms with van der Waals surface area (Å²) in [5.41, 5.74) is 10.8. The molecule has 0 nitrogen and oxygen atoms in total. The molecule has 1 aliphatic carbocycles. The van der Waals surface area contributed by atoms with Crippen molar-refractivity contribution in [2.24, 2.45) is 0 Å². The Bertz CT molecular complexity index is 2930. The van der Waals surface area contributed by atoms with Crippen LogP contribution in [0, 0.1) is 0 Å². The van der Waals surface area contributed by atoms with Gasteiger partial charge in [0.05, 0.1) is 0 Å². The molecule has 0 bridgehead atoms. The van der Waals surface area contributed by atoms with Crippen molar-refractivity contribution in [2.75, 3.05) is 0 Å². The SMILES string of the molecule is CCC1(CC)c2cc(-c3cccc4cc5cc6ccccc6cc5cc34)ccc2-c2ccc(-c3cccc4cc5cc6ccccc6cc5cc34)cc21. The van der Waals surface area contributed by atoms with Crippen LogP contribution >= 0.6 is 0 Å². The minimum Gasteiger partial charge on any atom is -0.0642 e. The molecule has 11 rings (SSSR count). The van der Waals surface area contributed by atoms with Crippen molar-refractivity contribution >= 4 is 64.6 Å². The maximum absolute atomic E-state index is 2.52. The lowest BCUT2D eigenvalue weighted by Gasteiger charge is -2.30. The van der Waals surface area contributed by atoms with E-state index in [1.165, 1.54) is 109 Å². The second-order valence-corrected chi connectivity index (χ2v) is 15.2. The van der Waals surface area contributed by atoms with Gasteiger partial charge in [-0.25, -0.2) is 0 Å². The van der Waals surface area contributed by atoms with Gasteiger partial charge >= 0.3 is 0 Å². The molecule has 10 aromatic carbocycles. The first-order chi connectivity index (χ1) is 26.1. The Kier molecular flexibility index (Phi) is 6.53. The summed E-state index contributed by atoms with van der Waals surface area (Å²) < 4.78 is 0. The average Bonchev–Trinajstić information content (AvgIpc) is 3.48. The van der Waals surface area contributed by atoms with Crippen LogP contribution < -0.4 is 0 Å². The number of fused-ring (bicyclic) bond motifs is 9. The van der Waals surface area contributed by atoms with Crippen LogP contribution in [-0.4, -0.2) is 0 Å². The molecular formula is C53H38. The Morgan fingerprint density at radius 3 is 1.06 bits per heavy atom. The lowest BCUT2D eigenvalue weighted by Crippen LogP contribution is -2.23. The van der Waals surface area contributed by atoms with Gasteiger partial charge in [-0.1, -0.05) is 123 Å². The van der Waals surface area contributed by atoms with Gasteiger partial charge in [0.25, 0.3) is 0 Å². The van der Waals surface area contributed by atoms with Crippen molar-refractivity contribution in [3.63, 3.8) is 0 Å². The van der Waals surface area contributed by atoms with Gasteiger partial charge < -0.3 is 0 Å². The van der Waals surface area contributed by atoms with E-state index in [0.717, 1.165) is 12.8 Å². The molecule has 0 radical (unpaired) electrons. The molecule has 0 aliphatic heterocycles. The van der Waals surface area contributed by atoms with E-state index in [-0.39, 0.29) is 5.41 Å². The lowest BCUT2D eigenvalue weighted by molar-refractivity contribution is 0.491. The molecule has 1 aliphatic rings. The van der Waals surface area contributed by atoms with Crippen molar-refractivity contribution in [1.29, 1.82) is 0 Å². The molecule has 0 heterocycles. The third-order valence-electron chi connectivity index (χ3n) is 12.6. The van der Waals surface area contributed by atoms with E-state index in [2.05, 4.69) is 184 Å². The first kappa shape index (κ1) is 30.4. The Morgan fingerprint density at radius 2 is 0.660 bits per heavy atom. The molecule has 0 saturated carbocycles. The maximum Gasteiger partial charge on any atom is 0.0210 e. The fraction of sp³-hybridized carbons (Fsp3) is 0.0943.